The van der Waals surface area contributed by atoms with Gasteiger partial charge >= 0.3 is 0 Å². The van der Waals surface area contributed by atoms with Gasteiger partial charge in [-0.2, -0.15) is 0 Å². The summed E-state index contributed by atoms with van der Waals surface area (Å²) in [7, 11) is 0. The smallest absolute Gasteiger partial charge is 0.258 e. The Morgan fingerprint density at radius 1 is 0.638 bits per heavy atom. The Kier molecular flexibility index (Phi) is 25.9. The number of carbonyl (C=O) groups excluding carboxylic acids is 4. The number of hydrogen-bond donors (Lipinski definition) is 6. The minimum absolute atomic E-state index is 0.200. The molecule has 2 atom stereocenters. The predicted octanol–water partition coefficient (Wildman–Crippen LogP) is 6.19. The summed E-state index contributed by atoms with van der Waals surface area (Å²) >= 11 is 0. The highest BCUT2D eigenvalue weighted by molar-refractivity contribution is 5.89. The normalized spacial score (nSPS) is 11.9. The van der Waals surface area contributed by atoms with Crippen LogP contribution in [0.4, 0.5) is 0 Å². The lowest BCUT2D eigenvalue weighted by atomic mass is 9.97. The molecule has 0 bridgehead atoms. The minimum atomic E-state index is -0.682. The van der Waals surface area contributed by atoms with Gasteiger partial charge in [0.2, 0.25) is 11.8 Å². The van der Waals surface area contributed by atoms with Crippen LogP contribution in [0.3, 0.4) is 0 Å². The molecule has 2 rings (SSSR count). The maximum Gasteiger partial charge on any atom is 0.258 e. The van der Waals surface area contributed by atoms with Crippen molar-refractivity contribution in [3.63, 3.8) is 0 Å². The lowest BCUT2D eigenvalue weighted by Crippen LogP contribution is -2.48. The van der Waals surface area contributed by atoms with Crippen molar-refractivity contribution < 1.29 is 28.7 Å². The van der Waals surface area contributed by atoms with Crippen LogP contribution in [0, 0.1) is 0 Å². The molecule has 2 unspecified atom stereocenters. The highest BCUT2D eigenvalue weighted by Crippen LogP contribution is 2.35. The third-order valence-electron chi connectivity index (χ3n) is 9.73. The number of unbranched alkanes of at least 4 members (excludes halogenated alkanes) is 8. The molecule has 12 heteroatoms. The molecule has 12 nitrogen and oxygen atoms in total. The Morgan fingerprint density at radius 3 is 1.66 bits per heavy atom. The minimum Gasteiger partial charge on any atom is -0.483 e. The van der Waals surface area contributed by atoms with E-state index in [0.717, 1.165) is 86.5 Å². The zero-order valence-corrected chi connectivity index (χ0v) is 35.3. The van der Waals surface area contributed by atoms with E-state index in [1.54, 1.807) is 12.1 Å². The summed E-state index contributed by atoms with van der Waals surface area (Å²) in [5.74, 6) is -0.206. The van der Waals surface area contributed by atoms with Crippen molar-refractivity contribution in [3.8, 4) is 22.6 Å². The molecular weight excluding hydrogens is 733 g/mol. The molecular formula is C46H72N6O6. The third-order valence-corrected chi connectivity index (χ3v) is 9.73. The predicted molar refractivity (Wildman–Crippen MR) is 235 cm³/mol. The van der Waals surface area contributed by atoms with Crippen LogP contribution >= 0.6 is 0 Å². The van der Waals surface area contributed by atoms with Crippen molar-refractivity contribution in [2.45, 2.75) is 129 Å². The van der Waals surface area contributed by atoms with Gasteiger partial charge in [-0.25, -0.2) is 0 Å². The van der Waals surface area contributed by atoms with Crippen molar-refractivity contribution in [1.82, 2.24) is 21.3 Å². The number of ether oxygens (including phenoxy) is 2. The SMILES string of the molecule is C=CCc1ccc(OCC(=O)NC(CCCCN)C(=O)NCCCCCC)c(-c2ccc(OCC(=O)NC(CCCCN)C(=O)NCCCCCC)c(CC=C)c2)c1. The van der Waals surface area contributed by atoms with Gasteiger partial charge in [-0.3, -0.25) is 19.2 Å². The van der Waals surface area contributed by atoms with Gasteiger partial charge in [0.15, 0.2) is 13.2 Å². The number of benzene rings is 2. The molecule has 2 aromatic rings. The second kappa shape index (κ2) is 30.4. The van der Waals surface area contributed by atoms with Crippen LogP contribution in [-0.2, 0) is 32.0 Å². The zero-order valence-electron chi connectivity index (χ0n) is 35.3. The largest absolute Gasteiger partial charge is 0.483 e. The van der Waals surface area contributed by atoms with Crippen LogP contribution in [0.2, 0.25) is 0 Å². The van der Waals surface area contributed by atoms with E-state index in [2.05, 4.69) is 48.3 Å². The summed E-state index contributed by atoms with van der Waals surface area (Å²) in [6, 6.07) is 10.0. The molecule has 0 heterocycles. The molecule has 2 aromatic carbocycles. The summed E-state index contributed by atoms with van der Waals surface area (Å²) in [6.45, 7) is 13.7. The van der Waals surface area contributed by atoms with E-state index in [4.69, 9.17) is 20.9 Å². The van der Waals surface area contributed by atoms with Gasteiger partial charge < -0.3 is 42.2 Å². The van der Waals surface area contributed by atoms with Gasteiger partial charge in [0.25, 0.3) is 11.8 Å². The topological polar surface area (TPSA) is 187 Å². The van der Waals surface area contributed by atoms with E-state index < -0.39 is 23.9 Å². The van der Waals surface area contributed by atoms with Crippen LogP contribution in [0.1, 0.15) is 115 Å². The first-order valence-corrected chi connectivity index (χ1v) is 21.5. The molecule has 0 saturated heterocycles. The first-order chi connectivity index (χ1) is 28.2. The van der Waals surface area contributed by atoms with Crippen LogP contribution < -0.4 is 42.2 Å². The Morgan fingerprint density at radius 2 is 1.16 bits per heavy atom. The summed E-state index contributed by atoms with van der Waals surface area (Å²) < 4.78 is 12.2. The lowest BCUT2D eigenvalue weighted by Gasteiger charge is -2.20. The van der Waals surface area contributed by atoms with Crippen molar-refractivity contribution in [2.75, 3.05) is 39.4 Å². The molecule has 0 saturated carbocycles. The molecule has 0 radical (unpaired) electrons. The summed E-state index contributed by atoms with van der Waals surface area (Å²) in [4.78, 5) is 52.3. The molecule has 4 amide bonds. The Labute approximate surface area is 347 Å². The van der Waals surface area contributed by atoms with Crippen molar-refractivity contribution in [1.29, 1.82) is 0 Å². The van der Waals surface area contributed by atoms with Crippen molar-refractivity contribution in [3.05, 3.63) is 72.8 Å². The van der Waals surface area contributed by atoms with Gasteiger partial charge in [-0.15, -0.1) is 13.2 Å². The average Bonchev–Trinajstić information content (AvgIpc) is 3.22. The van der Waals surface area contributed by atoms with E-state index in [9.17, 15) is 19.2 Å². The third kappa shape index (κ3) is 19.7. The zero-order chi connectivity index (χ0) is 42.4. The second-order valence-corrected chi connectivity index (χ2v) is 14.7. The van der Waals surface area contributed by atoms with Crippen LogP contribution in [0.25, 0.3) is 11.1 Å². The van der Waals surface area contributed by atoms with Gasteiger partial charge in [-0.05, 0) is 118 Å². The molecule has 8 N–H and O–H groups in total. The van der Waals surface area contributed by atoms with Gasteiger partial charge in [0.05, 0.1) is 0 Å². The second-order valence-electron chi connectivity index (χ2n) is 14.7. The number of allylic oxidation sites excluding steroid dienone is 2. The Hall–Kier alpha value is -4.68. The van der Waals surface area contributed by atoms with Crippen LogP contribution in [0.5, 0.6) is 11.5 Å². The first kappa shape index (κ1) is 49.5. The fourth-order valence-electron chi connectivity index (χ4n) is 6.48. The van der Waals surface area contributed by atoms with Crippen LogP contribution in [0.15, 0.2) is 61.7 Å². The number of carbonyl (C=O) groups is 4. The molecule has 0 aliphatic heterocycles. The highest BCUT2D eigenvalue weighted by Gasteiger charge is 2.22. The van der Waals surface area contributed by atoms with E-state index in [0.29, 0.717) is 76.2 Å². The van der Waals surface area contributed by atoms with E-state index in [1.807, 2.05) is 36.4 Å². The molecule has 58 heavy (non-hydrogen) atoms. The van der Waals surface area contributed by atoms with Crippen LogP contribution in [-0.4, -0.2) is 75.1 Å². The van der Waals surface area contributed by atoms with E-state index in [-0.39, 0.29) is 25.0 Å². The summed E-state index contributed by atoms with van der Waals surface area (Å²) in [5.41, 5.74) is 14.7. The average molecular weight is 805 g/mol. The fraction of sp³-hybridized carbons (Fsp3) is 0.565. The molecule has 322 valence electrons. The molecule has 0 fully saturated rings. The molecule has 0 aliphatic carbocycles. The molecule has 0 aromatic heterocycles. The van der Waals surface area contributed by atoms with Crippen molar-refractivity contribution in [2.24, 2.45) is 11.5 Å². The van der Waals surface area contributed by atoms with Gasteiger partial charge in [0, 0.05) is 18.7 Å². The quantitative estimate of drug-likeness (QED) is 0.0364. The number of rotatable bonds is 33. The Bertz CT molecular complexity index is 1550. The maximum atomic E-state index is 13.2. The number of nitrogens with two attached hydrogens (primary N) is 2. The first-order valence-electron chi connectivity index (χ1n) is 21.5. The Balaban J connectivity index is 2.20. The van der Waals surface area contributed by atoms with E-state index >= 15 is 0 Å². The van der Waals surface area contributed by atoms with Crippen molar-refractivity contribution >= 4 is 23.6 Å². The lowest BCUT2D eigenvalue weighted by molar-refractivity contribution is -0.130. The molecule has 0 aliphatic rings. The fourth-order valence-corrected chi connectivity index (χ4v) is 6.48. The number of amides is 4. The number of nitrogens with one attached hydrogen (secondary N) is 4. The molecule has 0 spiro atoms. The number of hydrogen-bond acceptors (Lipinski definition) is 8. The van der Waals surface area contributed by atoms with Gasteiger partial charge in [0.1, 0.15) is 23.6 Å². The monoisotopic (exact) mass is 805 g/mol. The summed E-state index contributed by atoms with van der Waals surface area (Å²) in [6.07, 6.45) is 16.9. The highest BCUT2D eigenvalue weighted by atomic mass is 16.5. The maximum absolute atomic E-state index is 13.2. The standard InChI is InChI=1S/C46H72N6O6/c1-5-9-11-17-29-49-45(55)39(21-13-15-27-47)51-43(53)33-57-41-26-24-36(32-37(41)20-8-4)38-31-35(19-7-3)23-25-42(38)58-34-44(54)52-40(22-14-16-28-48)46(56)50-30-18-12-10-6-2/h7-8,23-26,31-32,39-40H,3-6,9-22,27-30,33-34,47-48H2,1-2H3,(H,49,55)(H,50,56)(H,51,53)(H,52,54). The van der Waals surface area contributed by atoms with E-state index in [1.165, 1.54) is 0 Å². The summed E-state index contributed by atoms with van der Waals surface area (Å²) in [5, 5.41) is 11.7. The van der Waals surface area contributed by atoms with Gasteiger partial charge in [-0.1, -0.05) is 76.7 Å².